The topological polar surface area (TPSA) is 57.5 Å². The summed E-state index contributed by atoms with van der Waals surface area (Å²) in [4.78, 5) is 10.8. The van der Waals surface area contributed by atoms with Crippen molar-refractivity contribution in [3.8, 4) is 11.1 Å². The third-order valence-electron chi connectivity index (χ3n) is 2.88. The Hall–Kier alpha value is -0.970. The molecule has 1 unspecified atom stereocenters. The lowest BCUT2D eigenvalue weighted by molar-refractivity contribution is -0.146. The number of hydrogen-bond acceptors (Lipinski definition) is 2. The van der Waals surface area contributed by atoms with Crippen molar-refractivity contribution >= 4 is 52.4 Å². The average molecular weight is 366 g/mol. The van der Waals surface area contributed by atoms with Crippen LogP contribution in [0.2, 0.25) is 20.1 Å². The van der Waals surface area contributed by atoms with Crippen molar-refractivity contribution in [3.05, 3.63) is 56.0 Å². The van der Waals surface area contributed by atoms with Gasteiger partial charge < -0.3 is 10.2 Å². The molecular weight excluding hydrogens is 358 g/mol. The molecule has 0 bridgehead atoms. The molecule has 0 aromatic heterocycles. The zero-order valence-electron chi connectivity index (χ0n) is 10.3. The van der Waals surface area contributed by atoms with Crippen LogP contribution in [-0.4, -0.2) is 16.2 Å². The fourth-order valence-electron chi connectivity index (χ4n) is 1.80. The lowest BCUT2D eigenvalue weighted by Crippen LogP contribution is -2.10. The summed E-state index contributed by atoms with van der Waals surface area (Å²) in [6.07, 6.45) is -1.68. The third-order valence-corrected chi connectivity index (χ3v) is 4.50. The Kier molecular flexibility index (Phi) is 5.02. The minimum atomic E-state index is -1.68. The number of aliphatic carboxylic acids is 1. The van der Waals surface area contributed by atoms with Gasteiger partial charge in [0.1, 0.15) is 0 Å². The lowest BCUT2D eigenvalue weighted by atomic mass is 10.0. The van der Waals surface area contributed by atoms with Crippen LogP contribution in [0.5, 0.6) is 0 Å². The highest BCUT2D eigenvalue weighted by molar-refractivity contribution is 6.49. The predicted octanol–water partition coefficient (Wildman–Crippen LogP) is 5.09. The number of carbonyl (C=O) groups is 1. The second-order valence-corrected chi connectivity index (χ2v) is 5.77. The van der Waals surface area contributed by atoms with E-state index in [1.807, 2.05) is 0 Å². The molecule has 0 aliphatic carbocycles. The van der Waals surface area contributed by atoms with Gasteiger partial charge in [-0.2, -0.15) is 0 Å². The molecule has 1 atom stereocenters. The van der Waals surface area contributed by atoms with Gasteiger partial charge in [-0.05, 0) is 17.7 Å². The van der Waals surface area contributed by atoms with Crippen LogP contribution >= 0.6 is 46.4 Å². The first-order chi connectivity index (χ1) is 9.82. The summed E-state index contributed by atoms with van der Waals surface area (Å²) in [7, 11) is 0. The van der Waals surface area contributed by atoms with Crippen LogP contribution in [0.1, 0.15) is 11.7 Å². The maximum atomic E-state index is 10.8. The molecule has 2 aromatic carbocycles. The summed E-state index contributed by atoms with van der Waals surface area (Å²) in [5.74, 6) is -1.38. The SMILES string of the molecule is O=C(O)C(O)c1ccc(-c2ccc(Cl)c(Cl)c2Cl)cc1Cl. The summed E-state index contributed by atoms with van der Waals surface area (Å²) < 4.78 is 0. The Morgan fingerprint density at radius 3 is 2.19 bits per heavy atom. The van der Waals surface area contributed by atoms with E-state index in [0.29, 0.717) is 16.1 Å². The second kappa shape index (κ2) is 6.42. The Labute approximate surface area is 140 Å². The van der Waals surface area contributed by atoms with Crippen LogP contribution in [0, 0.1) is 0 Å². The summed E-state index contributed by atoms with van der Waals surface area (Å²) in [6, 6.07) is 7.80. The minimum absolute atomic E-state index is 0.101. The number of hydrogen-bond donors (Lipinski definition) is 2. The molecule has 7 heteroatoms. The van der Waals surface area contributed by atoms with Gasteiger partial charge in [-0.1, -0.05) is 64.6 Å². The molecule has 0 amide bonds. The standard InChI is InChI=1S/C14H8Cl4O3/c15-9-4-3-7(11(17)12(9)18)6-1-2-8(10(16)5-6)13(19)14(20)21/h1-5,13,19H,(H,20,21). The van der Waals surface area contributed by atoms with E-state index in [0.717, 1.165) is 0 Å². The molecule has 0 saturated heterocycles. The molecule has 3 nitrogen and oxygen atoms in total. The van der Waals surface area contributed by atoms with E-state index in [1.165, 1.54) is 12.1 Å². The number of aliphatic hydroxyl groups excluding tert-OH is 1. The van der Waals surface area contributed by atoms with Crippen molar-refractivity contribution in [1.29, 1.82) is 0 Å². The first kappa shape index (κ1) is 16.4. The Morgan fingerprint density at radius 2 is 1.62 bits per heavy atom. The summed E-state index contributed by atoms with van der Waals surface area (Å²) in [5.41, 5.74) is 1.33. The van der Waals surface area contributed by atoms with Crippen LogP contribution in [0.15, 0.2) is 30.3 Å². The van der Waals surface area contributed by atoms with Gasteiger partial charge in [-0.3, -0.25) is 0 Å². The molecule has 0 spiro atoms. The number of aliphatic hydroxyl groups is 1. The average Bonchev–Trinajstić information content (AvgIpc) is 2.44. The Balaban J connectivity index is 2.51. The zero-order chi connectivity index (χ0) is 15.7. The molecule has 0 radical (unpaired) electrons. The maximum Gasteiger partial charge on any atom is 0.337 e. The van der Waals surface area contributed by atoms with E-state index >= 15 is 0 Å². The molecule has 0 heterocycles. The van der Waals surface area contributed by atoms with Gasteiger partial charge in [0.05, 0.1) is 15.1 Å². The summed E-state index contributed by atoms with van der Waals surface area (Å²) in [5, 5.41) is 19.3. The first-order valence-corrected chi connectivity index (χ1v) is 7.18. The summed E-state index contributed by atoms with van der Waals surface area (Å²) in [6.45, 7) is 0. The van der Waals surface area contributed by atoms with Gasteiger partial charge >= 0.3 is 5.97 Å². The highest BCUT2D eigenvalue weighted by Crippen LogP contribution is 2.39. The molecule has 2 aromatic rings. The molecule has 0 saturated carbocycles. The van der Waals surface area contributed by atoms with E-state index in [2.05, 4.69) is 0 Å². The van der Waals surface area contributed by atoms with Crippen LogP contribution in [0.4, 0.5) is 0 Å². The van der Waals surface area contributed by atoms with Crippen LogP contribution in [-0.2, 0) is 4.79 Å². The molecule has 110 valence electrons. The number of carboxylic acids is 1. The summed E-state index contributed by atoms with van der Waals surface area (Å²) >= 11 is 24.0. The molecule has 0 aliphatic rings. The monoisotopic (exact) mass is 364 g/mol. The quantitative estimate of drug-likeness (QED) is 0.745. The van der Waals surface area contributed by atoms with Gasteiger partial charge in [0.25, 0.3) is 0 Å². The zero-order valence-corrected chi connectivity index (χ0v) is 13.3. The van der Waals surface area contributed by atoms with E-state index in [9.17, 15) is 9.90 Å². The molecule has 2 rings (SSSR count). The Bertz CT molecular complexity index is 716. The van der Waals surface area contributed by atoms with E-state index < -0.39 is 12.1 Å². The van der Waals surface area contributed by atoms with Crippen molar-refractivity contribution in [3.63, 3.8) is 0 Å². The van der Waals surface area contributed by atoms with Crippen LogP contribution in [0.3, 0.4) is 0 Å². The largest absolute Gasteiger partial charge is 0.479 e. The normalized spacial score (nSPS) is 12.2. The Morgan fingerprint density at radius 1 is 0.952 bits per heavy atom. The number of benzene rings is 2. The van der Waals surface area contributed by atoms with Crippen LogP contribution < -0.4 is 0 Å². The molecule has 21 heavy (non-hydrogen) atoms. The fourth-order valence-corrected chi connectivity index (χ4v) is 2.73. The van der Waals surface area contributed by atoms with Crippen molar-refractivity contribution in [2.75, 3.05) is 0 Å². The molecule has 0 fully saturated rings. The van der Waals surface area contributed by atoms with Gasteiger partial charge in [0.2, 0.25) is 0 Å². The molecular formula is C14H8Cl4O3. The van der Waals surface area contributed by atoms with E-state index in [-0.39, 0.29) is 20.6 Å². The van der Waals surface area contributed by atoms with Gasteiger partial charge in [0, 0.05) is 16.1 Å². The van der Waals surface area contributed by atoms with Crippen molar-refractivity contribution in [2.45, 2.75) is 6.10 Å². The molecule has 0 aliphatic heterocycles. The number of halogens is 4. The van der Waals surface area contributed by atoms with Crippen molar-refractivity contribution < 1.29 is 15.0 Å². The maximum absolute atomic E-state index is 10.8. The highest BCUT2D eigenvalue weighted by Gasteiger charge is 2.20. The highest BCUT2D eigenvalue weighted by atomic mass is 35.5. The molecule has 2 N–H and O–H groups in total. The number of rotatable bonds is 3. The fraction of sp³-hybridized carbons (Fsp3) is 0.0714. The predicted molar refractivity (Wildman–Crippen MR) is 84.5 cm³/mol. The van der Waals surface area contributed by atoms with E-state index in [1.54, 1.807) is 18.2 Å². The van der Waals surface area contributed by atoms with Crippen molar-refractivity contribution in [2.24, 2.45) is 0 Å². The van der Waals surface area contributed by atoms with Gasteiger partial charge in [-0.15, -0.1) is 0 Å². The first-order valence-electron chi connectivity index (χ1n) is 5.67. The minimum Gasteiger partial charge on any atom is -0.479 e. The van der Waals surface area contributed by atoms with Crippen LogP contribution in [0.25, 0.3) is 11.1 Å². The van der Waals surface area contributed by atoms with Crippen molar-refractivity contribution in [1.82, 2.24) is 0 Å². The second-order valence-electron chi connectivity index (χ2n) is 4.20. The third kappa shape index (κ3) is 3.28. The lowest BCUT2D eigenvalue weighted by Gasteiger charge is -2.12. The van der Waals surface area contributed by atoms with Gasteiger partial charge in [-0.25, -0.2) is 4.79 Å². The van der Waals surface area contributed by atoms with Gasteiger partial charge in [0.15, 0.2) is 6.10 Å². The smallest absolute Gasteiger partial charge is 0.337 e. The van der Waals surface area contributed by atoms with E-state index in [4.69, 9.17) is 51.5 Å². The number of carboxylic acid groups (broad SMARTS) is 1.